The molecule has 0 radical (unpaired) electrons. The van der Waals surface area contributed by atoms with Crippen molar-refractivity contribution in [2.24, 2.45) is 0 Å². The number of hydrogen-bond acceptors (Lipinski definition) is 3. The summed E-state index contributed by atoms with van der Waals surface area (Å²) in [5.74, 6) is 0.562. The Balaban J connectivity index is 1.15. The summed E-state index contributed by atoms with van der Waals surface area (Å²) in [4.78, 5) is 24.6. The summed E-state index contributed by atoms with van der Waals surface area (Å²) in [6.45, 7) is 0.834. The molecular formula is C29H29N3O3. The molecule has 0 bridgehead atoms. The first-order valence-electron chi connectivity index (χ1n) is 12.1. The molecule has 1 aromatic heterocycles. The lowest BCUT2D eigenvalue weighted by Crippen LogP contribution is -2.30. The van der Waals surface area contributed by atoms with Gasteiger partial charge in [-0.1, -0.05) is 60.7 Å². The van der Waals surface area contributed by atoms with Crippen molar-refractivity contribution in [2.75, 3.05) is 13.2 Å². The van der Waals surface area contributed by atoms with E-state index in [0.717, 1.165) is 40.6 Å². The molecule has 0 aliphatic heterocycles. The first kappa shape index (κ1) is 22.7. The average molecular weight is 468 g/mol. The SMILES string of the molecule is O=C(Cn1c(-c2ccccc2)cc2ccccc21)NCCc1ccc(OCC(=O)NC2CC2)cc1. The standard InChI is InChI=1S/C29H29N3O3/c33-28(19-32-26-9-5-4-8-23(26)18-27(32)22-6-2-1-3-7-22)30-17-16-21-10-14-25(15-11-21)35-20-29(34)31-24-12-13-24/h1-11,14-15,18,24H,12-13,16-17,19-20H2,(H,30,33)(H,31,34). The second kappa shape index (κ2) is 10.5. The molecule has 6 nitrogen and oxygen atoms in total. The van der Waals surface area contributed by atoms with Crippen LogP contribution < -0.4 is 15.4 Å². The van der Waals surface area contributed by atoms with Gasteiger partial charge in [0.05, 0.1) is 0 Å². The molecule has 2 N–H and O–H groups in total. The Morgan fingerprint density at radius 1 is 0.886 bits per heavy atom. The Morgan fingerprint density at radius 3 is 2.40 bits per heavy atom. The van der Waals surface area contributed by atoms with Crippen LogP contribution in [0.25, 0.3) is 22.2 Å². The molecule has 178 valence electrons. The quantitative estimate of drug-likeness (QED) is 0.365. The molecule has 4 aromatic rings. The number of ether oxygens (including phenoxy) is 1. The number of nitrogens with one attached hydrogen (secondary N) is 2. The fourth-order valence-corrected chi connectivity index (χ4v) is 4.17. The number of rotatable bonds is 10. The Kier molecular flexibility index (Phi) is 6.80. The van der Waals surface area contributed by atoms with E-state index in [1.807, 2.05) is 60.7 Å². The Bertz CT molecular complexity index is 1310. The lowest BCUT2D eigenvalue weighted by molar-refractivity contribution is -0.123. The lowest BCUT2D eigenvalue weighted by Gasteiger charge is -2.12. The second-order valence-electron chi connectivity index (χ2n) is 8.91. The van der Waals surface area contributed by atoms with Crippen molar-refractivity contribution in [1.29, 1.82) is 0 Å². The number of para-hydroxylation sites is 1. The first-order valence-corrected chi connectivity index (χ1v) is 12.1. The minimum absolute atomic E-state index is 0.0230. The van der Waals surface area contributed by atoms with E-state index >= 15 is 0 Å². The third-order valence-electron chi connectivity index (χ3n) is 6.15. The lowest BCUT2D eigenvalue weighted by atomic mass is 10.1. The van der Waals surface area contributed by atoms with Gasteiger partial charge in [0.2, 0.25) is 5.91 Å². The van der Waals surface area contributed by atoms with Crippen LogP contribution in [-0.2, 0) is 22.6 Å². The predicted molar refractivity (Wildman–Crippen MR) is 137 cm³/mol. The molecule has 5 rings (SSSR count). The molecule has 0 spiro atoms. The van der Waals surface area contributed by atoms with Crippen LogP contribution in [0.15, 0.2) is 84.9 Å². The molecule has 1 aliphatic carbocycles. The number of fused-ring (bicyclic) bond motifs is 1. The number of amides is 2. The highest BCUT2D eigenvalue weighted by Crippen LogP contribution is 2.28. The second-order valence-corrected chi connectivity index (χ2v) is 8.91. The minimum Gasteiger partial charge on any atom is -0.484 e. The van der Waals surface area contributed by atoms with E-state index in [4.69, 9.17) is 4.74 Å². The molecule has 1 aliphatic rings. The minimum atomic E-state index is -0.0785. The smallest absolute Gasteiger partial charge is 0.258 e. The molecule has 1 fully saturated rings. The van der Waals surface area contributed by atoms with Gasteiger partial charge in [0.15, 0.2) is 6.61 Å². The zero-order valence-electron chi connectivity index (χ0n) is 19.6. The molecule has 2 amide bonds. The maximum absolute atomic E-state index is 12.8. The average Bonchev–Trinajstić information content (AvgIpc) is 3.63. The van der Waals surface area contributed by atoms with Gasteiger partial charge in [0.1, 0.15) is 12.3 Å². The number of hydrogen-bond donors (Lipinski definition) is 2. The predicted octanol–water partition coefficient (Wildman–Crippen LogP) is 4.32. The van der Waals surface area contributed by atoms with Gasteiger partial charge in [-0.3, -0.25) is 9.59 Å². The molecule has 0 atom stereocenters. The molecule has 1 saturated carbocycles. The van der Waals surface area contributed by atoms with Gasteiger partial charge >= 0.3 is 0 Å². The van der Waals surface area contributed by atoms with Crippen LogP contribution in [0, 0.1) is 0 Å². The van der Waals surface area contributed by atoms with Crippen LogP contribution in [0.5, 0.6) is 5.75 Å². The summed E-state index contributed by atoms with van der Waals surface area (Å²) in [6.07, 6.45) is 2.84. The normalized spacial score (nSPS) is 12.9. The number of carbonyl (C=O) groups excluding carboxylic acids is 2. The van der Waals surface area contributed by atoms with E-state index in [1.54, 1.807) is 0 Å². The van der Waals surface area contributed by atoms with E-state index in [2.05, 4.69) is 39.5 Å². The van der Waals surface area contributed by atoms with Gasteiger partial charge in [-0.05, 0) is 54.7 Å². The van der Waals surface area contributed by atoms with E-state index < -0.39 is 0 Å². The van der Waals surface area contributed by atoms with Gasteiger partial charge in [-0.25, -0.2) is 0 Å². The van der Waals surface area contributed by atoms with Crippen molar-refractivity contribution >= 4 is 22.7 Å². The number of nitrogens with zero attached hydrogens (tertiary/aromatic N) is 1. The topological polar surface area (TPSA) is 72.4 Å². The third kappa shape index (κ3) is 5.90. The van der Waals surface area contributed by atoms with Crippen LogP contribution in [0.4, 0.5) is 0 Å². The van der Waals surface area contributed by atoms with Crippen molar-refractivity contribution < 1.29 is 14.3 Å². The highest BCUT2D eigenvalue weighted by Gasteiger charge is 2.23. The van der Waals surface area contributed by atoms with Gasteiger partial charge in [-0.15, -0.1) is 0 Å². The van der Waals surface area contributed by atoms with Crippen molar-refractivity contribution in [3.05, 3.63) is 90.5 Å². The summed E-state index contributed by atoms with van der Waals surface area (Å²) < 4.78 is 7.63. The van der Waals surface area contributed by atoms with Crippen LogP contribution in [0.2, 0.25) is 0 Å². The summed E-state index contributed by atoms with van der Waals surface area (Å²) >= 11 is 0. The summed E-state index contributed by atoms with van der Waals surface area (Å²) in [5.41, 5.74) is 4.26. The van der Waals surface area contributed by atoms with E-state index in [1.165, 1.54) is 0 Å². The molecule has 0 saturated heterocycles. The Hall–Kier alpha value is -4.06. The molecule has 1 heterocycles. The largest absolute Gasteiger partial charge is 0.484 e. The molecule has 35 heavy (non-hydrogen) atoms. The third-order valence-corrected chi connectivity index (χ3v) is 6.15. The van der Waals surface area contributed by atoms with Gasteiger partial charge < -0.3 is 19.9 Å². The number of aromatic nitrogens is 1. The maximum Gasteiger partial charge on any atom is 0.258 e. The molecule has 0 unspecified atom stereocenters. The zero-order chi connectivity index (χ0) is 24.0. The van der Waals surface area contributed by atoms with Crippen LogP contribution >= 0.6 is 0 Å². The Labute approximate surface area is 204 Å². The highest BCUT2D eigenvalue weighted by molar-refractivity contribution is 5.89. The fraction of sp³-hybridized carbons (Fsp3) is 0.241. The number of benzene rings is 3. The summed E-state index contributed by atoms with van der Waals surface area (Å²) in [6, 6.07) is 28.4. The zero-order valence-corrected chi connectivity index (χ0v) is 19.6. The highest BCUT2D eigenvalue weighted by atomic mass is 16.5. The maximum atomic E-state index is 12.8. The summed E-state index contributed by atoms with van der Waals surface area (Å²) in [5, 5.41) is 7.07. The number of carbonyl (C=O) groups is 2. The fourth-order valence-electron chi connectivity index (χ4n) is 4.17. The van der Waals surface area contributed by atoms with Gasteiger partial charge in [0.25, 0.3) is 5.91 Å². The molecule has 3 aromatic carbocycles. The van der Waals surface area contributed by atoms with Crippen molar-refractivity contribution in [1.82, 2.24) is 15.2 Å². The van der Waals surface area contributed by atoms with E-state index in [9.17, 15) is 9.59 Å². The Morgan fingerprint density at radius 2 is 1.63 bits per heavy atom. The molecular weight excluding hydrogens is 438 g/mol. The van der Waals surface area contributed by atoms with Crippen LogP contribution in [-0.4, -0.2) is 35.6 Å². The van der Waals surface area contributed by atoms with Crippen LogP contribution in [0.1, 0.15) is 18.4 Å². The van der Waals surface area contributed by atoms with Gasteiger partial charge in [-0.2, -0.15) is 0 Å². The molecule has 6 heteroatoms. The van der Waals surface area contributed by atoms with Crippen molar-refractivity contribution in [3.8, 4) is 17.0 Å². The van der Waals surface area contributed by atoms with Gasteiger partial charge in [0, 0.05) is 29.2 Å². The van der Waals surface area contributed by atoms with E-state index in [0.29, 0.717) is 24.8 Å². The first-order chi connectivity index (χ1) is 17.2. The van der Waals surface area contributed by atoms with Crippen LogP contribution in [0.3, 0.4) is 0 Å². The monoisotopic (exact) mass is 467 g/mol. The summed E-state index contributed by atoms with van der Waals surface area (Å²) in [7, 11) is 0. The van der Waals surface area contributed by atoms with Crippen molar-refractivity contribution in [2.45, 2.75) is 31.8 Å². The van der Waals surface area contributed by atoms with Crippen molar-refractivity contribution in [3.63, 3.8) is 0 Å². The van der Waals surface area contributed by atoms with E-state index in [-0.39, 0.29) is 25.0 Å².